The largest absolute Gasteiger partial charge is 0.324 e. The molecule has 1 heterocycles. The lowest BCUT2D eigenvalue weighted by molar-refractivity contribution is 0.229. The first kappa shape index (κ1) is 14.9. The van der Waals surface area contributed by atoms with E-state index < -0.39 is 0 Å². The molecule has 1 saturated carbocycles. The normalized spacial score (nSPS) is 26.7. The minimum Gasteiger partial charge on any atom is -0.324 e. The van der Waals surface area contributed by atoms with Crippen molar-refractivity contribution in [1.82, 2.24) is 9.55 Å². The van der Waals surface area contributed by atoms with Crippen molar-refractivity contribution >= 4 is 22.6 Å². The van der Waals surface area contributed by atoms with Crippen LogP contribution in [0, 0.1) is 5.92 Å². The third kappa shape index (κ3) is 2.58. The van der Waals surface area contributed by atoms with Crippen LogP contribution in [0.2, 0.25) is 5.02 Å². The van der Waals surface area contributed by atoms with E-state index in [4.69, 9.17) is 22.3 Å². The minimum atomic E-state index is -0.303. The fraction of sp³-hybridized carbons (Fsp3) is 0.588. The maximum atomic E-state index is 6.77. The topological polar surface area (TPSA) is 43.8 Å². The molecule has 0 aliphatic heterocycles. The van der Waals surface area contributed by atoms with Gasteiger partial charge in [0.25, 0.3) is 0 Å². The van der Waals surface area contributed by atoms with E-state index in [-0.39, 0.29) is 5.54 Å². The minimum absolute atomic E-state index is 0.303. The lowest BCUT2D eigenvalue weighted by atomic mass is 9.77. The Morgan fingerprint density at radius 3 is 2.62 bits per heavy atom. The van der Waals surface area contributed by atoms with Crippen molar-refractivity contribution in [2.45, 2.75) is 58.0 Å². The highest BCUT2D eigenvalue weighted by Gasteiger charge is 2.36. The number of hydrogen-bond donors (Lipinski definition) is 1. The van der Waals surface area contributed by atoms with Crippen LogP contribution in [-0.2, 0) is 5.54 Å². The number of nitrogens with zero attached hydrogens (tertiary/aromatic N) is 2. The van der Waals surface area contributed by atoms with E-state index in [1.807, 2.05) is 18.2 Å². The summed E-state index contributed by atoms with van der Waals surface area (Å²) in [6, 6.07) is 6.22. The number of halogens is 1. The molecule has 21 heavy (non-hydrogen) atoms. The third-order valence-electron chi connectivity index (χ3n) is 4.78. The van der Waals surface area contributed by atoms with Crippen LogP contribution in [0.4, 0.5) is 0 Å². The standard InChI is InChI=1S/C17H24ClN3/c1-11(2)21-15-10-13(18)4-5-14(15)20-16(21)17(19)8-6-12(3)7-9-17/h4-5,10-12H,6-9,19H2,1-3H3. The Balaban J connectivity index is 2.15. The zero-order valence-electron chi connectivity index (χ0n) is 13.1. The molecule has 2 aromatic rings. The number of nitrogens with two attached hydrogens (primary N) is 1. The lowest BCUT2D eigenvalue weighted by Crippen LogP contribution is -2.42. The number of aromatic nitrogens is 2. The molecule has 0 radical (unpaired) electrons. The highest BCUT2D eigenvalue weighted by atomic mass is 35.5. The fourth-order valence-electron chi connectivity index (χ4n) is 3.44. The lowest BCUT2D eigenvalue weighted by Gasteiger charge is -2.36. The van der Waals surface area contributed by atoms with Crippen LogP contribution >= 0.6 is 11.6 Å². The van der Waals surface area contributed by atoms with E-state index in [1.165, 1.54) is 12.8 Å². The summed E-state index contributed by atoms with van der Waals surface area (Å²) in [6.07, 6.45) is 4.38. The highest BCUT2D eigenvalue weighted by molar-refractivity contribution is 6.31. The summed E-state index contributed by atoms with van der Waals surface area (Å²) in [5, 5.41) is 0.749. The Bertz CT molecular complexity index is 651. The van der Waals surface area contributed by atoms with Crippen molar-refractivity contribution in [3.05, 3.63) is 29.0 Å². The molecule has 1 aromatic carbocycles. The molecule has 4 heteroatoms. The van der Waals surface area contributed by atoms with Crippen LogP contribution in [-0.4, -0.2) is 9.55 Å². The summed E-state index contributed by atoms with van der Waals surface area (Å²) in [6.45, 7) is 6.67. The summed E-state index contributed by atoms with van der Waals surface area (Å²) < 4.78 is 2.28. The Labute approximate surface area is 131 Å². The van der Waals surface area contributed by atoms with Gasteiger partial charge in [0.05, 0.1) is 16.6 Å². The van der Waals surface area contributed by atoms with Crippen LogP contribution in [0.1, 0.15) is 58.3 Å². The first-order chi connectivity index (χ1) is 9.90. The van der Waals surface area contributed by atoms with Crippen molar-refractivity contribution in [3.8, 4) is 0 Å². The molecule has 1 aromatic heterocycles. The Morgan fingerprint density at radius 1 is 1.33 bits per heavy atom. The molecule has 0 spiro atoms. The molecule has 114 valence electrons. The van der Waals surface area contributed by atoms with Gasteiger partial charge in [0.1, 0.15) is 5.82 Å². The van der Waals surface area contributed by atoms with Crippen molar-refractivity contribution in [1.29, 1.82) is 0 Å². The second-order valence-corrected chi connectivity index (χ2v) is 7.31. The molecular formula is C17H24ClN3. The number of benzene rings is 1. The molecule has 0 saturated heterocycles. The molecule has 0 bridgehead atoms. The number of imidazole rings is 1. The Morgan fingerprint density at radius 2 is 2.00 bits per heavy atom. The van der Waals surface area contributed by atoms with E-state index in [9.17, 15) is 0 Å². The molecule has 3 rings (SSSR count). The average Bonchev–Trinajstić information content (AvgIpc) is 2.81. The smallest absolute Gasteiger partial charge is 0.130 e. The van der Waals surface area contributed by atoms with Gasteiger partial charge in [0, 0.05) is 11.1 Å². The molecule has 0 unspecified atom stereocenters. The van der Waals surface area contributed by atoms with Crippen LogP contribution in [0.15, 0.2) is 18.2 Å². The van der Waals surface area contributed by atoms with E-state index in [1.54, 1.807) is 0 Å². The quantitative estimate of drug-likeness (QED) is 0.878. The van der Waals surface area contributed by atoms with Crippen LogP contribution in [0.25, 0.3) is 11.0 Å². The van der Waals surface area contributed by atoms with E-state index in [0.29, 0.717) is 6.04 Å². The van der Waals surface area contributed by atoms with Crippen molar-refractivity contribution in [3.63, 3.8) is 0 Å². The van der Waals surface area contributed by atoms with Crippen LogP contribution in [0.3, 0.4) is 0 Å². The second kappa shape index (κ2) is 5.29. The number of hydrogen-bond acceptors (Lipinski definition) is 2. The number of rotatable bonds is 2. The molecule has 2 N–H and O–H groups in total. The fourth-order valence-corrected chi connectivity index (χ4v) is 3.61. The van der Waals surface area contributed by atoms with Gasteiger partial charge in [-0.2, -0.15) is 0 Å². The van der Waals surface area contributed by atoms with Gasteiger partial charge < -0.3 is 10.3 Å². The molecule has 1 fully saturated rings. The molecule has 0 atom stereocenters. The molecule has 3 nitrogen and oxygen atoms in total. The molecule has 1 aliphatic carbocycles. The maximum Gasteiger partial charge on any atom is 0.130 e. The first-order valence-electron chi connectivity index (χ1n) is 7.87. The highest BCUT2D eigenvalue weighted by Crippen LogP contribution is 2.39. The first-order valence-corrected chi connectivity index (χ1v) is 8.25. The van der Waals surface area contributed by atoms with Gasteiger partial charge >= 0.3 is 0 Å². The van der Waals surface area contributed by atoms with Crippen LogP contribution < -0.4 is 5.73 Å². The monoisotopic (exact) mass is 305 g/mol. The molecular weight excluding hydrogens is 282 g/mol. The summed E-state index contributed by atoms with van der Waals surface area (Å²) in [5.74, 6) is 1.80. The summed E-state index contributed by atoms with van der Waals surface area (Å²) in [4.78, 5) is 4.87. The van der Waals surface area contributed by atoms with Crippen LogP contribution in [0.5, 0.6) is 0 Å². The Kier molecular flexibility index (Phi) is 3.74. The van der Waals surface area contributed by atoms with Gasteiger partial charge in [-0.3, -0.25) is 0 Å². The zero-order chi connectivity index (χ0) is 15.2. The van der Waals surface area contributed by atoms with E-state index in [2.05, 4.69) is 25.3 Å². The van der Waals surface area contributed by atoms with Crippen molar-refractivity contribution < 1.29 is 0 Å². The SMILES string of the molecule is CC1CCC(N)(c2nc3ccc(Cl)cc3n2C(C)C)CC1. The van der Waals surface area contributed by atoms with Gasteiger partial charge in [-0.1, -0.05) is 18.5 Å². The summed E-state index contributed by atoms with van der Waals surface area (Å²) >= 11 is 6.17. The Hall–Kier alpha value is -1.06. The van der Waals surface area contributed by atoms with Gasteiger partial charge in [0.2, 0.25) is 0 Å². The second-order valence-electron chi connectivity index (χ2n) is 6.87. The van der Waals surface area contributed by atoms with E-state index >= 15 is 0 Å². The van der Waals surface area contributed by atoms with E-state index in [0.717, 1.165) is 40.6 Å². The van der Waals surface area contributed by atoms with Gasteiger partial charge in [-0.15, -0.1) is 0 Å². The zero-order valence-corrected chi connectivity index (χ0v) is 13.8. The van der Waals surface area contributed by atoms with Gasteiger partial charge in [-0.05, 0) is 63.6 Å². The molecule has 1 aliphatic rings. The predicted molar refractivity (Wildman–Crippen MR) is 88.6 cm³/mol. The summed E-state index contributed by atoms with van der Waals surface area (Å²) in [5.41, 5.74) is 8.55. The van der Waals surface area contributed by atoms with Crippen molar-refractivity contribution in [2.75, 3.05) is 0 Å². The average molecular weight is 306 g/mol. The summed E-state index contributed by atoms with van der Waals surface area (Å²) in [7, 11) is 0. The molecule has 0 amide bonds. The van der Waals surface area contributed by atoms with Gasteiger partial charge in [0.15, 0.2) is 0 Å². The third-order valence-corrected chi connectivity index (χ3v) is 5.01. The number of fused-ring (bicyclic) bond motifs is 1. The van der Waals surface area contributed by atoms with Crippen molar-refractivity contribution in [2.24, 2.45) is 11.7 Å². The van der Waals surface area contributed by atoms with Gasteiger partial charge in [-0.25, -0.2) is 4.98 Å². The maximum absolute atomic E-state index is 6.77. The predicted octanol–water partition coefficient (Wildman–Crippen LogP) is 4.63.